The standard InChI is InChI=1S/C15H30N2O/c1-4-12(2)11-17-7-5-14(6-8-17)18-15-9-13(10-15)16-3/h12-16H,4-11H2,1-3H3. The van der Waals surface area contributed by atoms with Gasteiger partial charge in [0.25, 0.3) is 0 Å². The molecule has 0 radical (unpaired) electrons. The first-order chi connectivity index (χ1) is 8.71. The van der Waals surface area contributed by atoms with Crippen LogP contribution < -0.4 is 5.32 Å². The van der Waals surface area contributed by atoms with Crippen molar-refractivity contribution < 1.29 is 4.74 Å². The van der Waals surface area contributed by atoms with Gasteiger partial charge in [0.05, 0.1) is 12.2 Å². The van der Waals surface area contributed by atoms with Crippen LogP contribution in [0.1, 0.15) is 46.0 Å². The largest absolute Gasteiger partial charge is 0.375 e. The predicted octanol–water partition coefficient (Wildman–Crippen LogP) is 2.26. The van der Waals surface area contributed by atoms with E-state index in [4.69, 9.17) is 4.74 Å². The first-order valence-electron chi connectivity index (χ1n) is 7.76. The van der Waals surface area contributed by atoms with E-state index in [1.807, 2.05) is 7.05 Å². The van der Waals surface area contributed by atoms with E-state index < -0.39 is 0 Å². The molecule has 0 aromatic rings. The molecule has 2 fully saturated rings. The summed E-state index contributed by atoms with van der Waals surface area (Å²) in [6.45, 7) is 8.38. The molecule has 1 saturated heterocycles. The van der Waals surface area contributed by atoms with Gasteiger partial charge in [0.1, 0.15) is 0 Å². The van der Waals surface area contributed by atoms with Crippen LogP contribution in [0.15, 0.2) is 0 Å². The van der Waals surface area contributed by atoms with Crippen LogP contribution in [0.5, 0.6) is 0 Å². The van der Waals surface area contributed by atoms with E-state index in [0.29, 0.717) is 18.2 Å². The van der Waals surface area contributed by atoms with Gasteiger partial charge in [-0.1, -0.05) is 20.3 Å². The van der Waals surface area contributed by atoms with Crippen molar-refractivity contribution in [2.75, 3.05) is 26.7 Å². The Morgan fingerprint density at radius 3 is 2.44 bits per heavy atom. The predicted molar refractivity (Wildman–Crippen MR) is 75.9 cm³/mol. The molecule has 1 aliphatic carbocycles. The number of hydrogen-bond donors (Lipinski definition) is 1. The van der Waals surface area contributed by atoms with Crippen molar-refractivity contribution in [1.29, 1.82) is 0 Å². The van der Waals surface area contributed by atoms with Gasteiger partial charge in [0.15, 0.2) is 0 Å². The minimum Gasteiger partial charge on any atom is -0.375 e. The quantitative estimate of drug-likeness (QED) is 0.787. The molecular weight excluding hydrogens is 224 g/mol. The van der Waals surface area contributed by atoms with E-state index in [-0.39, 0.29) is 0 Å². The summed E-state index contributed by atoms with van der Waals surface area (Å²) in [5, 5.41) is 3.32. The molecule has 2 aliphatic rings. The highest BCUT2D eigenvalue weighted by molar-refractivity contribution is 4.86. The average Bonchev–Trinajstić information content (AvgIpc) is 2.35. The molecule has 18 heavy (non-hydrogen) atoms. The van der Waals surface area contributed by atoms with Crippen molar-refractivity contribution in [2.24, 2.45) is 5.92 Å². The van der Waals surface area contributed by atoms with Crippen molar-refractivity contribution >= 4 is 0 Å². The van der Waals surface area contributed by atoms with E-state index in [9.17, 15) is 0 Å². The minimum atomic E-state index is 0.529. The summed E-state index contributed by atoms with van der Waals surface area (Å²) in [6.07, 6.45) is 7.25. The lowest BCUT2D eigenvalue weighted by molar-refractivity contribution is -0.0840. The summed E-state index contributed by atoms with van der Waals surface area (Å²) in [5.74, 6) is 0.838. The topological polar surface area (TPSA) is 24.5 Å². The highest BCUT2D eigenvalue weighted by Crippen LogP contribution is 2.27. The summed E-state index contributed by atoms with van der Waals surface area (Å²) in [7, 11) is 2.05. The third-order valence-corrected chi connectivity index (χ3v) is 4.69. The number of ether oxygens (including phenoxy) is 1. The molecule has 3 heteroatoms. The van der Waals surface area contributed by atoms with Crippen LogP contribution in [0.4, 0.5) is 0 Å². The smallest absolute Gasteiger partial charge is 0.0608 e. The number of piperidine rings is 1. The van der Waals surface area contributed by atoms with Crippen molar-refractivity contribution in [2.45, 2.75) is 64.2 Å². The van der Waals surface area contributed by atoms with Crippen LogP contribution in [0, 0.1) is 5.92 Å². The van der Waals surface area contributed by atoms with Crippen LogP contribution in [0.2, 0.25) is 0 Å². The Bertz CT molecular complexity index is 233. The van der Waals surface area contributed by atoms with E-state index in [1.54, 1.807) is 0 Å². The Morgan fingerprint density at radius 2 is 1.89 bits per heavy atom. The van der Waals surface area contributed by atoms with Crippen LogP contribution >= 0.6 is 0 Å². The van der Waals surface area contributed by atoms with Gasteiger partial charge in [0, 0.05) is 25.7 Å². The Labute approximate surface area is 112 Å². The molecule has 1 unspecified atom stereocenters. The Morgan fingerprint density at radius 1 is 1.22 bits per heavy atom. The summed E-state index contributed by atoms with van der Waals surface area (Å²) in [5.41, 5.74) is 0. The number of nitrogens with zero attached hydrogens (tertiary/aromatic N) is 1. The fraction of sp³-hybridized carbons (Fsp3) is 1.00. The zero-order valence-electron chi connectivity index (χ0n) is 12.3. The molecule has 0 amide bonds. The van der Waals surface area contributed by atoms with Crippen molar-refractivity contribution in [3.05, 3.63) is 0 Å². The lowest BCUT2D eigenvalue weighted by atomic mass is 9.89. The molecule has 1 N–H and O–H groups in total. The van der Waals surface area contributed by atoms with Gasteiger partial charge >= 0.3 is 0 Å². The molecule has 0 aromatic heterocycles. The van der Waals surface area contributed by atoms with Gasteiger partial charge in [-0.05, 0) is 38.6 Å². The maximum absolute atomic E-state index is 6.17. The lowest BCUT2D eigenvalue weighted by Crippen LogP contribution is -2.47. The van der Waals surface area contributed by atoms with E-state index >= 15 is 0 Å². The fourth-order valence-electron chi connectivity index (χ4n) is 2.98. The Hall–Kier alpha value is -0.120. The van der Waals surface area contributed by atoms with Gasteiger partial charge in [0.2, 0.25) is 0 Å². The van der Waals surface area contributed by atoms with Gasteiger partial charge in [-0.3, -0.25) is 0 Å². The van der Waals surface area contributed by atoms with Crippen LogP contribution in [-0.2, 0) is 4.74 Å². The lowest BCUT2D eigenvalue weighted by Gasteiger charge is -2.40. The fourth-order valence-corrected chi connectivity index (χ4v) is 2.98. The second-order valence-corrected chi connectivity index (χ2v) is 6.23. The second kappa shape index (κ2) is 6.88. The van der Waals surface area contributed by atoms with Crippen molar-refractivity contribution in [1.82, 2.24) is 10.2 Å². The van der Waals surface area contributed by atoms with Gasteiger partial charge in [-0.2, -0.15) is 0 Å². The van der Waals surface area contributed by atoms with Gasteiger partial charge in [-0.25, -0.2) is 0 Å². The molecule has 3 nitrogen and oxygen atoms in total. The Balaban J connectivity index is 1.59. The molecule has 1 saturated carbocycles. The first-order valence-corrected chi connectivity index (χ1v) is 7.76. The molecule has 0 spiro atoms. The molecule has 0 bridgehead atoms. The zero-order valence-corrected chi connectivity index (χ0v) is 12.3. The molecule has 1 aliphatic heterocycles. The van der Waals surface area contributed by atoms with Gasteiger partial charge in [-0.15, -0.1) is 0 Å². The van der Waals surface area contributed by atoms with Crippen LogP contribution in [0.3, 0.4) is 0 Å². The molecule has 2 rings (SSSR count). The van der Waals surface area contributed by atoms with E-state index in [0.717, 1.165) is 5.92 Å². The number of hydrogen-bond acceptors (Lipinski definition) is 3. The van der Waals surface area contributed by atoms with Gasteiger partial charge < -0.3 is 15.0 Å². The third kappa shape index (κ3) is 3.94. The maximum atomic E-state index is 6.17. The highest BCUT2D eigenvalue weighted by Gasteiger charge is 2.31. The SMILES string of the molecule is CCC(C)CN1CCC(OC2CC(NC)C2)CC1. The Kier molecular flexibility index (Phi) is 5.46. The third-order valence-electron chi connectivity index (χ3n) is 4.69. The molecule has 0 aromatic carbocycles. The summed E-state index contributed by atoms with van der Waals surface area (Å²) in [4.78, 5) is 2.62. The van der Waals surface area contributed by atoms with Crippen molar-refractivity contribution in [3.63, 3.8) is 0 Å². The monoisotopic (exact) mass is 254 g/mol. The van der Waals surface area contributed by atoms with Crippen LogP contribution in [-0.4, -0.2) is 49.8 Å². The van der Waals surface area contributed by atoms with E-state index in [2.05, 4.69) is 24.1 Å². The molecule has 1 atom stereocenters. The summed E-state index contributed by atoms with van der Waals surface area (Å²) >= 11 is 0. The zero-order chi connectivity index (χ0) is 13.0. The second-order valence-electron chi connectivity index (χ2n) is 6.23. The minimum absolute atomic E-state index is 0.529. The number of nitrogens with one attached hydrogen (secondary N) is 1. The molecule has 106 valence electrons. The maximum Gasteiger partial charge on any atom is 0.0608 e. The highest BCUT2D eigenvalue weighted by atomic mass is 16.5. The first kappa shape index (κ1) is 14.3. The molecular formula is C15H30N2O. The number of rotatable bonds is 6. The van der Waals surface area contributed by atoms with Crippen molar-refractivity contribution in [3.8, 4) is 0 Å². The summed E-state index contributed by atoms with van der Waals surface area (Å²) < 4.78 is 6.17. The summed E-state index contributed by atoms with van der Waals surface area (Å²) in [6, 6.07) is 0.709. The normalized spacial score (nSPS) is 32.2. The van der Waals surface area contributed by atoms with E-state index in [1.165, 1.54) is 51.7 Å². The van der Waals surface area contributed by atoms with Crippen LogP contribution in [0.25, 0.3) is 0 Å². The molecule has 1 heterocycles. The number of likely N-dealkylation sites (tertiary alicyclic amines) is 1. The average molecular weight is 254 g/mol.